The molecule has 2 fully saturated rings. The standard InChI is InChI=1S/C22H26N2O3.C2HF3O2/c1-16-3-2-4-18(11-16)22(25)24-12-20-19(15-27-21(20)13-24)7-10-26-14-17-5-8-23-9-6-17;3-2(4,5)1(6)7/h2-6,8-9,11,19-21H,7,10,12-15H2,1H3;(H,6,7)/t19-,20-,21-;/m0./s1. The van der Waals surface area contributed by atoms with Crippen molar-refractivity contribution in [1.82, 2.24) is 9.88 Å². The first-order valence-corrected chi connectivity index (χ1v) is 10.9. The van der Waals surface area contributed by atoms with Gasteiger partial charge in [-0.1, -0.05) is 17.7 Å². The van der Waals surface area contributed by atoms with Crippen molar-refractivity contribution in [2.45, 2.75) is 32.2 Å². The molecule has 1 N–H and O–H groups in total. The molecule has 34 heavy (non-hydrogen) atoms. The summed E-state index contributed by atoms with van der Waals surface area (Å²) in [6.45, 7) is 5.60. The lowest BCUT2D eigenvalue weighted by molar-refractivity contribution is -0.192. The van der Waals surface area contributed by atoms with E-state index >= 15 is 0 Å². The van der Waals surface area contributed by atoms with Gasteiger partial charge in [0.15, 0.2) is 0 Å². The van der Waals surface area contributed by atoms with Crippen molar-refractivity contribution in [3.8, 4) is 0 Å². The third-order valence-corrected chi connectivity index (χ3v) is 5.88. The van der Waals surface area contributed by atoms with Crippen molar-refractivity contribution in [2.75, 3.05) is 26.3 Å². The van der Waals surface area contributed by atoms with Crippen LogP contribution in [0.15, 0.2) is 48.8 Å². The molecule has 1 aromatic heterocycles. The Balaban J connectivity index is 0.000000406. The predicted octanol–water partition coefficient (Wildman–Crippen LogP) is 3.72. The number of aromatic nitrogens is 1. The van der Waals surface area contributed by atoms with Gasteiger partial charge in [-0.3, -0.25) is 9.78 Å². The Hall–Kier alpha value is -2.98. The first-order chi connectivity index (χ1) is 16.1. The molecule has 1 amide bonds. The van der Waals surface area contributed by atoms with Crippen LogP contribution in [0.25, 0.3) is 0 Å². The summed E-state index contributed by atoms with van der Waals surface area (Å²) in [4.78, 5) is 27.7. The Morgan fingerprint density at radius 3 is 2.56 bits per heavy atom. The van der Waals surface area contributed by atoms with Crippen LogP contribution in [0, 0.1) is 18.8 Å². The highest BCUT2D eigenvalue weighted by atomic mass is 19.4. The molecule has 7 nitrogen and oxygen atoms in total. The third-order valence-electron chi connectivity index (χ3n) is 5.88. The Labute approximate surface area is 195 Å². The van der Waals surface area contributed by atoms with Gasteiger partial charge in [0.2, 0.25) is 0 Å². The minimum absolute atomic E-state index is 0.115. The summed E-state index contributed by atoms with van der Waals surface area (Å²) < 4.78 is 43.5. The van der Waals surface area contributed by atoms with Crippen LogP contribution in [0.3, 0.4) is 0 Å². The number of fused-ring (bicyclic) bond motifs is 1. The first kappa shape index (κ1) is 25.6. The number of aliphatic carboxylic acids is 1. The number of carboxylic acid groups (broad SMARTS) is 1. The number of hydrogen-bond donors (Lipinski definition) is 1. The molecule has 2 aromatic rings. The van der Waals surface area contributed by atoms with E-state index in [1.54, 1.807) is 12.4 Å². The van der Waals surface area contributed by atoms with Crippen molar-refractivity contribution in [2.24, 2.45) is 11.8 Å². The number of ether oxygens (including phenoxy) is 2. The van der Waals surface area contributed by atoms with Crippen LogP contribution in [-0.2, 0) is 20.9 Å². The lowest BCUT2D eigenvalue weighted by Gasteiger charge is -2.20. The molecule has 0 radical (unpaired) electrons. The fourth-order valence-electron chi connectivity index (χ4n) is 4.13. The van der Waals surface area contributed by atoms with Crippen molar-refractivity contribution >= 4 is 11.9 Å². The fraction of sp³-hybridized carbons (Fsp3) is 0.458. The average Bonchev–Trinajstić information content (AvgIpc) is 3.38. The van der Waals surface area contributed by atoms with Crippen molar-refractivity contribution in [1.29, 1.82) is 0 Å². The molecular formula is C24H27F3N2O5. The fourth-order valence-corrected chi connectivity index (χ4v) is 4.13. The molecule has 10 heteroatoms. The number of alkyl halides is 3. The monoisotopic (exact) mass is 480 g/mol. The number of hydrogen-bond acceptors (Lipinski definition) is 5. The number of carbonyl (C=O) groups is 2. The van der Waals surface area contributed by atoms with Gasteiger partial charge >= 0.3 is 12.1 Å². The number of nitrogens with zero attached hydrogens (tertiary/aromatic N) is 2. The van der Waals surface area contributed by atoms with Gasteiger partial charge in [0, 0.05) is 43.6 Å². The molecular weight excluding hydrogens is 453 g/mol. The van der Waals surface area contributed by atoms with Gasteiger partial charge < -0.3 is 19.5 Å². The zero-order chi connectivity index (χ0) is 24.7. The predicted molar refractivity (Wildman–Crippen MR) is 116 cm³/mol. The number of aryl methyl sites for hydroxylation is 1. The number of rotatable bonds is 6. The summed E-state index contributed by atoms with van der Waals surface area (Å²) in [5.41, 5.74) is 3.02. The van der Waals surface area contributed by atoms with Gasteiger partial charge in [-0.05, 0) is 49.1 Å². The summed E-state index contributed by atoms with van der Waals surface area (Å²) in [5.74, 6) is -1.76. The molecule has 1 aromatic carbocycles. The van der Waals surface area contributed by atoms with E-state index in [0.29, 0.717) is 31.6 Å². The van der Waals surface area contributed by atoms with E-state index in [0.717, 1.165) is 36.3 Å². The number of amides is 1. The highest BCUT2D eigenvalue weighted by Crippen LogP contribution is 2.36. The van der Waals surface area contributed by atoms with Crippen LogP contribution < -0.4 is 0 Å². The lowest BCUT2D eigenvalue weighted by Crippen LogP contribution is -2.31. The van der Waals surface area contributed by atoms with Crippen molar-refractivity contribution < 1.29 is 37.3 Å². The van der Waals surface area contributed by atoms with E-state index in [9.17, 15) is 18.0 Å². The molecule has 2 saturated heterocycles. The lowest BCUT2D eigenvalue weighted by atomic mass is 9.91. The third kappa shape index (κ3) is 7.01. The molecule has 0 saturated carbocycles. The number of benzene rings is 1. The number of carboxylic acids is 1. The molecule has 3 atom stereocenters. The Kier molecular flexibility index (Phi) is 8.62. The zero-order valence-corrected chi connectivity index (χ0v) is 18.7. The van der Waals surface area contributed by atoms with Crippen LogP contribution in [0.5, 0.6) is 0 Å². The topological polar surface area (TPSA) is 89.0 Å². The van der Waals surface area contributed by atoms with E-state index in [2.05, 4.69) is 4.98 Å². The van der Waals surface area contributed by atoms with E-state index < -0.39 is 12.1 Å². The molecule has 0 unspecified atom stereocenters. The smallest absolute Gasteiger partial charge is 0.475 e. The van der Waals surface area contributed by atoms with E-state index in [-0.39, 0.29) is 12.0 Å². The maximum Gasteiger partial charge on any atom is 0.490 e. The normalized spacial score (nSPS) is 21.5. The van der Waals surface area contributed by atoms with Crippen LogP contribution in [0.1, 0.15) is 27.9 Å². The molecule has 4 rings (SSSR count). The quantitative estimate of drug-likeness (QED) is 0.634. The minimum atomic E-state index is -5.08. The highest BCUT2D eigenvalue weighted by Gasteiger charge is 2.45. The van der Waals surface area contributed by atoms with Crippen molar-refractivity contribution in [3.05, 3.63) is 65.5 Å². The first-order valence-electron chi connectivity index (χ1n) is 10.9. The summed E-state index contributed by atoms with van der Waals surface area (Å²) >= 11 is 0. The Morgan fingerprint density at radius 1 is 1.21 bits per heavy atom. The van der Waals surface area contributed by atoms with Crippen molar-refractivity contribution in [3.63, 3.8) is 0 Å². The molecule has 2 aliphatic rings. The highest BCUT2D eigenvalue weighted by molar-refractivity contribution is 5.94. The average molecular weight is 480 g/mol. The van der Waals surface area contributed by atoms with Gasteiger partial charge in [-0.2, -0.15) is 13.2 Å². The van der Waals surface area contributed by atoms with Crippen LogP contribution in [0.2, 0.25) is 0 Å². The van der Waals surface area contributed by atoms with E-state index in [1.165, 1.54) is 0 Å². The summed E-state index contributed by atoms with van der Waals surface area (Å²) in [7, 11) is 0. The van der Waals surface area contributed by atoms with Crippen LogP contribution in [0.4, 0.5) is 13.2 Å². The molecule has 0 bridgehead atoms. The zero-order valence-electron chi connectivity index (χ0n) is 18.7. The van der Waals surface area contributed by atoms with Crippen LogP contribution in [-0.4, -0.2) is 65.5 Å². The maximum atomic E-state index is 12.8. The minimum Gasteiger partial charge on any atom is -0.475 e. The molecule has 2 aliphatic heterocycles. The number of carbonyl (C=O) groups excluding carboxylic acids is 1. The van der Waals surface area contributed by atoms with Crippen LogP contribution >= 0.6 is 0 Å². The van der Waals surface area contributed by atoms with E-state index in [1.807, 2.05) is 48.2 Å². The second-order valence-electron chi connectivity index (χ2n) is 8.37. The van der Waals surface area contributed by atoms with E-state index in [4.69, 9.17) is 19.4 Å². The largest absolute Gasteiger partial charge is 0.490 e. The summed E-state index contributed by atoms with van der Waals surface area (Å²) in [6, 6.07) is 11.8. The van der Waals surface area contributed by atoms with Gasteiger partial charge in [0.25, 0.3) is 5.91 Å². The Morgan fingerprint density at radius 2 is 1.91 bits per heavy atom. The number of pyridine rings is 1. The summed E-state index contributed by atoms with van der Waals surface area (Å²) in [6.07, 6.45) is -0.374. The second-order valence-corrected chi connectivity index (χ2v) is 8.37. The van der Waals surface area contributed by atoms with Gasteiger partial charge in [0.05, 0.1) is 19.3 Å². The number of halogens is 3. The van der Waals surface area contributed by atoms with Gasteiger partial charge in [0.1, 0.15) is 0 Å². The summed E-state index contributed by atoms with van der Waals surface area (Å²) in [5, 5.41) is 7.12. The maximum absolute atomic E-state index is 12.8. The SMILES string of the molecule is Cc1cccc(C(=O)N2C[C@H]3[C@@H](CCOCc4ccncc4)CO[C@H]3C2)c1.O=C(O)C(F)(F)F. The molecule has 3 heterocycles. The van der Waals surface area contributed by atoms with Gasteiger partial charge in [-0.15, -0.1) is 0 Å². The molecule has 0 spiro atoms. The Bertz CT molecular complexity index is 971. The number of likely N-dealkylation sites (tertiary alicyclic amines) is 1. The van der Waals surface area contributed by atoms with Gasteiger partial charge in [-0.25, -0.2) is 4.79 Å². The second kappa shape index (κ2) is 11.4. The molecule has 0 aliphatic carbocycles. The molecule has 184 valence electrons.